The zero-order chi connectivity index (χ0) is 20.1. The van der Waals surface area contributed by atoms with Gasteiger partial charge in [-0.3, -0.25) is 9.59 Å². The first-order valence-electron chi connectivity index (χ1n) is 8.54. The number of pyridine rings is 1. The molecule has 1 aromatic heterocycles. The van der Waals surface area contributed by atoms with E-state index in [1.807, 2.05) is 30.3 Å². The highest BCUT2D eigenvalue weighted by atomic mass is 16.5. The highest BCUT2D eigenvalue weighted by Gasteiger charge is 2.16. The number of rotatable bonds is 6. The van der Waals surface area contributed by atoms with Crippen LogP contribution in [0.3, 0.4) is 0 Å². The van der Waals surface area contributed by atoms with Crippen molar-refractivity contribution in [2.45, 2.75) is 0 Å². The van der Waals surface area contributed by atoms with E-state index in [4.69, 9.17) is 9.47 Å². The van der Waals surface area contributed by atoms with E-state index in [2.05, 4.69) is 15.0 Å². The SMILES string of the molecule is COC(=O)CNC(=O)c1cc(-c2ccc(OC)c(OC)c2)nc2ccccc12. The second kappa shape index (κ2) is 8.39. The average Bonchev–Trinajstić information content (AvgIpc) is 2.75. The number of amides is 1. The van der Waals surface area contributed by atoms with Gasteiger partial charge in [0.1, 0.15) is 6.54 Å². The van der Waals surface area contributed by atoms with Crippen LogP contribution in [0, 0.1) is 0 Å². The fourth-order valence-corrected chi connectivity index (χ4v) is 2.83. The maximum atomic E-state index is 12.7. The summed E-state index contributed by atoms with van der Waals surface area (Å²) in [7, 11) is 4.39. The second-order valence-electron chi connectivity index (χ2n) is 5.90. The number of esters is 1. The number of methoxy groups -OCH3 is 3. The third-order valence-electron chi connectivity index (χ3n) is 4.26. The summed E-state index contributed by atoms with van der Waals surface area (Å²) in [6.07, 6.45) is 0. The lowest BCUT2D eigenvalue weighted by Gasteiger charge is -2.12. The predicted octanol–water partition coefficient (Wildman–Crippen LogP) is 2.82. The monoisotopic (exact) mass is 380 g/mol. The van der Waals surface area contributed by atoms with Crippen LogP contribution in [-0.4, -0.2) is 44.7 Å². The number of carbonyl (C=O) groups is 2. The summed E-state index contributed by atoms with van der Waals surface area (Å²) in [5.74, 6) is 0.257. The number of hydrogen-bond donors (Lipinski definition) is 1. The van der Waals surface area contributed by atoms with E-state index in [-0.39, 0.29) is 12.5 Å². The van der Waals surface area contributed by atoms with Gasteiger partial charge in [0.05, 0.1) is 38.1 Å². The minimum atomic E-state index is -0.521. The molecule has 3 aromatic rings. The van der Waals surface area contributed by atoms with E-state index in [1.54, 1.807) is 32.4 Å². The number of ether oxygens (including phenoxy) is 3. The van der Waals surface area contributed by atoms with Gasteiger partial charge in [-0.05, 0) is 30.3 Å². The number of benzene rings is 2. The summed E-state index contributed by atoms with van der Waals surface area (Å²) in [5, 5.41) is 3.26. The molecular formula is C21H20N2O5. The molecule has 0 aliphatic carbocycles. The molecule has 0 saturated heterocycles. The highest BCUT2D eigenvalue weighted by Crippen LogP contribution is 2.33. The molecule has 144 valence electrons. The van der Waals surface area contributed by atoms with E-state index in [9.17, 15) is 9.59 Å². The van der Waals surface area contributed by atoms with Gasteiger partial charge in [0.15, 0.2) is 11.5 Å². The maximum Gasteiger partial charge on any atom is 0.325 e. The Balaban J connectivity index is 2.07. The predicted molar refractivity (Wildman–Crippen MR) is 105 cm³/mol. The molecule has 0 saturated carbocycles. The molecule has 0 aliphatic heterocycles. The molecule has 0 fully saturated rings. The maximum absolute atomic E-state index is 12.7. The molecule has 0 atom stereocenters. The molecular weight excluding hydrogens is 360 g/mol. The van der Waals surface area contributed by atoms with Crippen LogP contribution in [0.15, 0.2) is 48.5 Å². The molecule has 7 heteroatoms. The van der Waals surface area contributed by atoms with Crippen molar-refractivity contribution in [1.29, 1.82) is 0 Å². The van der Waals surface area contributed by atoms with Crippen molar-refractivity contribution in [2.24, 2.45) is 0 Å². The van der Waals surface area contributed by atoms with Gasteiger partial charge in [0, 0.05) is 10.9 Å². The topological polar surface area (TPSA) is 86.8 Å². The summed E-state index contributed by atoms with van der Waals surface area (Å²) in [6.45, 7) is -0.211. The summed E-state index contributed by atoms with van der Waals surface area (Å²) in [6, 6.07) is 14.4. The number of aromatic nitrogens is 1. The Bertz CT molecular complexity index is 1030. The van der Waals surface area contributed by atoms with Crippen LogP contribution >= 0.6 is 0 Å². The smallest absolute Gasteiger partial charge is 0.325 e. The van der Waals surface area contributed by atoms with Crippen molar-refractivity contribution < 1.29 is 23.8 Å². The van der Waals surface area contributed by atoms with Crippen LogP contribution in [-0.2, 0) is 9.53 Å². The largest absolute Gasteiger partial charge is 0.493 e. The Labute approximate surface area is 162 Å². The van der Waals surface area contributed by atoms with Gasteiger partial charge in [-0.1, -0.05) is 18.2 Å². The molecule has 0 unspecified atom stereocenters. The fourth-order valence-electron chi connectivity index (χ4n) is 2.83. The lowest BCUT2D eigenvalue weighted by atomic mass is 10.0. The molecule has 0 aliphatic rings. The number of carbonyl (C=O) groups excluding carboxylic acids is 2. The van der Waals surface area contributed by atoms with Gasteiger partial charge in [-0.25, -0.2) is 4.98 Å². The Hall–Kier alpha value is -3.61. The van der Waals surface area contributed by atoms with Crippen LogP contribution in [0.5, 0.6) is 11.5 Å². The van der Waals surface area contributed by atoms with Crippen LogP contribution < -0.4 is 14.8 Å². The molecule has 1 amide bonds. The number of nitrogens with zero attached hydrogens (tertiary/aromatic N) is 1. The van der Waals surface area contributed by atoms with Crippen molar-refractivity contribution in [3.8, 4) is 22.8 Å². The van der Waals surface area contributed by atoms with Gasteiger partial charge in [-0.15, -0.1) is 0 Å². The molecule has 7 nitrogen and oxygen atoms in total. The molecule has 3 rings (SSSR count). The van der Waals surface area contributed by atoms with E-state index < -0.39 is 5.97 Å². The quantitative estimate of drug-likeness (QED) is 0.662. The Morgan fingerprint density at radius 2 is 1.71 bits per heavy atom. The average molecular weight is 380 g/mol. The van der Waals surface area contributed by atoms with E-state index in [0.717, 1.165) is 5.56 Å². The molecule has 0 bridgehead atoms. The van der Waals surface area contributed by atoms with Gasteiger partial charge >= 0.3 is 5.97 Å². The molecule has 1 heterocycles. The van der Waals surface area contributed by atoms with Crippen LogP contribution in [0.1, 0.15) is 10.4 Å². The Morgan fingerprint density at radius 1 is 0.964 bits per heavy atom. The number of para-hydroxylation sites is 1. The number of hydrogen-bond acceptors (Lipinski definition) is 6. The first-order valence-corrected chi connectivity index (χ1v) is 8.54. The summed E-state index contributed by atoms with van der Waals surface area (Å²) >= 11 is 0. The second-order valence-corrected chi connectivity index (χ2v) is 5.90. The zero-order valence-corrected chi connectivity index (χ0v) is 15.8. The third-order valence-corrected chi connectivity index (χ3v) is 4.26. The molecule has 1 N–H and O–H groups in total. The van der Waals surface area contributed by atoms with Gasteiger partial charge in [0.2, 0.25) is 0 Å². The number of fused-ring (bicyclic) bond motifs is 1. The molecule has 2 aromatic carbocycles. The van der Waals surface area contributed by atoms with Crippen molar-refractivity contribution >= 4 is 22.8 Å². The van der Waals surface area contributed by atoms with Gasteiger partial charge in [0.25, 0.3) is 5.91 Å². The third kappa shape index (κ3) is 3.88. The number of nitrogens with one attached hydrogen (secondary N) is 1. The van der Waals surface area contributed by atoms with Crippen molar-refractivity contribution in [2.75, 3.05) is 27.9 Å². The van der Waals surface area contributed by atoms with E-state index in [1.165, 1.54) is 7.11 Å². The lowest BCUT2D eigenvalue weighted by Crippen LogP contribution is -2.30. The minimum Gasteiger partial charge on any atom is -0.493 e. The van der Waals surface area contributed by atoms with Crippen LogP contribution in [0.2, 0.25) is 0 Å². The first-order chi connectivity index (χ1) is 13.6. The normalized spacial score (nSPS) is 10.4. The molecule has 28 heavy (non-hydrogen) atoms. The van der Waals surface area contributed by atoms with Gasteiger partial charge < -0.3 is 19.5 Å². The van der Waals surface area contributed by atoms with Crippen molar-refractivity contribution in [3.05, 3.63) is 54.1 Å². The standard InChI is InChI=1S/C21H20N2O5/c1-26-18-9-8-13(10-19(18)27-2)17-11-15(21(25)22-12-20(24)28-3)14-6-4-5-7-16(14)23-17/h4-11H,12H2,1-3H3,(H,22,25). The van der Waals surface area contributed by atoms with Crippen molar-refractivity contribution in [3.63, 3.8) is 0 Å². The van der Waals surface area contributed by atoms with E-state index >= 15 is 0 Å². The van der Waals surface area contributed by atoms with E-state index in [0.29, 0.717) is 33.7 Å². The zero-order valence-electron chi connectivity index (χ0n) is 15.8. The van der Waals surface area contributed by atoms with Crippen molar-refractivity contribution in [1.82, 2.24) is 10.3 Å². The Kier molecular flexibility index (Phi) is 5.74. The summed E-state index contributed by atoms with van der Waals surface area (Å²) < 4.78 is 15.2. The lowest BCUT2D eigenvalue weighted by molar-refractivity contribution is -0.139. The molecule has 0 radical (unpaired) electrons. The van der Waals surface area contributed by atoms with Crippen LogP contribution in [0.4, 0.5) is 0 Å². The minimum absolute atomic E-state index is 0.211. The highest BCUT2D eigenvalue weighted by molar-refractivity contribution is 6.07. The van der Waals surface area contributed by atoms with Crippen LogP contribution in [0.25, 0.3) is 22.2 Å². The summed E-state index contributed by atoms with van der Waals surface area (Å²) in [5.41, 5.74) is 2.45. The molecule has 0 spiro atoms. The summed E-state index contributed by atoms with van der Waals surface area (Å²) in [4.78, 5) is 28.7. The fraction of sp³-hybridized carbons (Fsp3) is 0.190. The first kappa shape index (κ1) is 19.2. The van der Waals surface area contributed by atoms with Gasteiger partial charge in [-0.2, -0.15) is 0 Å². The Morgan fingerprint density at radius 3 is 2.43 bits per heavy atom.